The standard InChI is InChI=1S/C11H19N3O2S/c1-3-5-8-14(4-2)17(15,16)11-9-13-7-6-10(11)12/h6-7,9H,3-5,8H2,1-2H3,(H2,12,13). The van der Waals surface area contributed by atoms with E-state index in [-0.39, 0.29) is 10.6 Å². The molecule has 17 heavy (non-hydrogen) atoms. The highest BCUT2D eigenvalue weighted by Crippen LogP contribution is 2.20. The van der Waals surface area contributed by atoms with Gasteiger partial charge in [0.25, 0.3) is 0 Å². The van der Waals surface area contributed by atoms with Crippen molar-refractivity contribution < 1.29 is 8.42 Å². The molecule has 0 aliphatic rings. The molecule has 0 unspecified atom stereocenters. The fraction of sp³-hybridized carbons (Fsp3) is 0.545. The minimum Gasteiger partial charge on any atom is -0.398 e. The molecular weight excluding hydrogens is 238 g/mol. The number of aromatic nitrogens is 1. The molecule has 1 rings (SSSR count). The predicted octanol–water partition coefficient (Wildman–Crippen LogP) is 1.47. The van der Waals surface area contributed by atoms with Crippen LogP contribution in [-0.4, -0.2) is 30.8 Å². The van der Waals surface area contributed by atoms with Crippen LogP contribution in [0.3, 0.4) is 0 Å². The minimum atomic E-state index is -3.51. The maximum atomic E-state index is 12.3. The summed E-state index contributed by atoms with van der Waals surface area (Å²) in [5, 5.41) is 0. The molecule has 0 atom stereocenters. The molecule has 0 saturated heterocycles. The molecule has 2 N–H and O–H groups in total. The number of nitrogen functional groups attached to an aromatic ring is 1. The number of nitrogens with zero attached hydrogens (tertiary/aromatic N) is 2. The smallest absolute Gasteiger partial charge is 0.246 e. The number of sulfonamides is 1. The normalized spacial score (nSPS) is 11.9. The topological polar surface area (TPSA) is 76.3 Å². The third-order valence-electron chi connectivity index (χ3n) is 2.55. The fourth-order valence-corrected chi connectivity index (χ4v) is 3.08. The summed E-state index contributed by atoms with van der Waals surface area (Å²) in [4.78, 5) is 3.92. The van der Waals surface area contributed by atoms with Gasteiger partial charge in [-0.1, -0.05) is 20.3 Å². The van der Waals surface area contributed by atoms with Gasteiger partial charge < -0.3 is 5.73 Å². The van der Waals surface area contributed by atoms with Gasteiger partial charge in [-0.15, -0.1) is 0 Å². The quantitative estimate of drug-likeness (QED) is 0.837. The van der Waals surface area contributed by atoms with Crippen LogP contribution in [-0.2, 0) is 10.0 Å². The van der Waals surface area contributed by atoms with Crippen LogP contribution in [0.4, 0.5) is 5.69 Å². The van der Waals surface area contributed by atoms with Gasteiger partial charge in [-0.25, -0.2) is 8.42 Å². The molecule has 5 nitrogen and oxygen atoms in total. The molecule has 0 spiro atoms. The number of rotatable bonds is 6. The molecule has 1 aromatic rings. The molecular formula is C11H19N3O2S. The van der Waals surface area contributed by atoms with Crippen molar-refractivity contribution in [2.24, 2.45) is 0 Å². The first kappa shape index (κ1) is 13.9. The molecule has 0 bridgehead atoms. The summed E-state index contributed by atoms with van der Waals surface area (Å²) in [7, 11) is -3.51. The molecule has 0 amide bonds. The Kier molecular flexibility index (Phi) is 4.89. The van der Waals surface area contributed by atoms with Crippen molar-refractivity contribution in [3.8, 4) is 0 Å². The van der Waals surface area contributed by atoms with Crippen molar-refractivity contribution in [3.63, 3.8) is 0 Å². The van der Waals surface area contributed by atoms with Crippen molar-refractivity contribution in [2.75, 3.05) is 18.8 Å². The van der Waals surface area contributed by atoms with Gasteiger partial charge in [0.15, 0.2) is 0 Å². The lowest BCUT2D eigenvalue weighted by Crippen LogP contribution is -2.32. The molecule has 1 heterocycles. The summed E-state index contributed by atoms with van der Waals surface area (Å²) in [6.45, 7) is 4.80. The van der Waals surface area contributed by atoms with Gasteiger partial charge >= 0.3 is 0 Å². The number of unbranched alkanes of at least 4 members (excludes halogenated alkanes) is 1. The number of anilines is 1. The zero-order chi connectivity index (χ0) is 12.9. The summed E-state index contributed by atoms with van der Waals surface area (Å²) in [6, 6.07) is 1.50. The molecule has 6 heteroatoms. The van der Waals surface area contributed by atoms with Crippen LogP contribution >= 0.6 is 0 Å². The lowest BCUT2D eigenvalue weighted by atomic mass is 10.3. The second kappa shape index (κ2) is 5.97. The van der Waals surface area contributed by atoms with Gasteiger partial charge in [-0.2, -0.15) is 4.31 Å². The van der Waals surface area contributed by atoms with E-state index in [1.807, 2.05) is 13.8 Å². The number of nitrogens with two attached hydrogens (primary N) is 1. The SMILES string of the molecule is CCCCN(CC)S(=O)(=O)c1cnccc1N. The van der Waals surface area contributed by atoms with Gasteiger partial charge in [-0.05, 0) is 12.5 Å². The molecule has 0 aliphatic carbocycles. The number of hydrogen-bond donors (Lipinski definition) is 1. The Morgan fingerprint density at radius 3 is 2.65 bits per heavy atom. The second-order valence-corrected chi connectivity index (χ2v) is 5.67. The average molecular weight is 257 g/mol. The van der Waals surface area contributed by atoms with Crippen LogP contribution in [0.25, 0.3) is 0 Å². The Hall–Kier alpha value is -1.14. The summed E-state index contributed by atoms with van der Waals surface area (Å²) in [6.07, 6.45) is 4.58. The van der Waals surface area contributed by atoms with E-state index in [0.29, 0.717) is 13.1 Å². The average Bonchev–Trinajstić information content (AvgIpc) is 2.30. The van der Waals surface area contributed by atoms with E-state index in [9.17, 15) is 8.42 Å². The molecule has 0 fully saturated rings. The maximum Gasteiger partial charge on any atom is 0.246 e. The van der Waals surface area contributed by atoms with Gasteiger partial charge in [0.1, 0.15) is 4.90 Å². The number of pyridine rings is 1. The molecule has 1 aromatic heterocycles. The lowest BCUT2D eigenvalue weighted by molar-refractivity contribution is 0.419. The van der Waals surface area contributed by atoms with E-state index >= 15 is 0 Å². The van der Waals surface area contributed by atoms with Crippen LogP contribution < -0.4 is 5.73 Å². The molecule has 96 valence electrons. The van der Waals surface area contributed by atoms with Crippen molar-refractivity contribution in [1.82, 2.24) is 9.29 Å². The van der Waals surface area contributed by atoms with Crippen LogP contribution in [0.15, 0.2) is 23.4 Å². The summed E-state index contributed by atoms with van der Waals surface area (Å²) >= 11 is 0. The van der Waals surface area contributed by atoms with E-state index in [0.717, 1.165) is 12.8 Å². The Labute approximate surface area is 103 Å². The summed E-state index contributed by atoms with van der Waals surface area (Å²) in [5.74, 6) is 0. The Morgan fingerprint density at radius 2 is 2.12 bits per heavy atom. The van der Waals surface area contributed by atoms with E-state index in [1.165, 1.54) is 22.8 Å². The number of hydrogen-bond acceptors (Lipinski definition) is 4. The van der Waals surface area contributed by atoms with E-state index in [2.05, 4.69) is 4.98 Å². The van der Waals surface area contributed by atoms with Gasteiger partial charge in [0.05, 0.1) is 5.69 Å². The van der Waals surface area contributed by atoms with Crippen molar-refractivity contribution in [3.05, 3.63) is 18.5 Å². The molecule has 0 aromatic carbocycles. The molecule has 0 saturated carbocycles. The van der Waals surface area contributed by atoms with Crippen molar-refractivity contribution >= 4 is 15.7 Å². The molecule has 0 aliphatic heterocycles. The van der Waals surface area contributed by atoms with Crippen LogP contribution in [0, 0.1) is 0 Å². The fourth-order valence-electron chi connectivity index (χ4n) is 1.53. The monoisotopic (exact) mass is 257 g/mol. The maximum absolute atomic E-state index is 12.3. The summed E-state index contributed by atoms with van der Waals surface area (Å²) in [5.41, 5.74) is 5.93. The van der Waals surface area contributed by atoms with Crippen LogP contribution in [0.1, 0.15) is 26.7 Å². The van der Waals surface area contributed by atoms with Crippen LogP contribution in [0.5, 0.6) is 0 Å². The second-order valence-electron chi connectivity index (χ2n) is 3.76. The first-order valence-corrected chi connectivity index (χ1v) is 7.17. The highest BCUT2D eigenvalue weighted by Gasteiger charge is 2.24. The summed E-state index contributed by atoms with van der Waals surface area (Å²) < 4.78 is 26.0. The van der Waals surface area contributed by atoms with Crippen molar-refractivity contribution in [2.45, 2.75) is 31.6 Å². The third kappa shape index (κ3) is 3.17. The Bertz CT molecular complexity index is 460. The van der Waals surface area contributed by atoms with E-state index < -0.39 is 10.0 Å². The zero-order valence-corrected chi connectivity index (χ0v) is 11.1. The molecule has 0 radical (unpaired) electrons. The zero-order valence-electron chi connectivity index (χ0n) is 10.3. The highest BCUT2D eigenvalue weighted by molar-refractivity contribution is 7.89. The first-order valence-electron chi connectivity index (χ1n) is 5.73. The highest BCUT2D eigenvalue weighted by atomic mass is 32.2. The lowest BCUT2D eigenvalue weighted by Gasteiger charge is -2.20. The predicted molar refractivity (Wildman–Crippen MR) is 68.0 cm³/mol. The Morgan fingerprint density at radius 1 is 1.41 bits per heavy atom. The van der Waals surface area contributed by atoms with E-state index in [1.54, 1.807) is 0 Å². The van der Waals surface area contributed by atoms with Crippen LogP contribution in [0.2, 0.25) is 0 Å². The van der Waals surface area contributed by atoms with Crippen molar-refractivity contribution in [1.29, 1.82) is 0 Å². The van der Waals surface area contributed by atoms with Gasteiger partial charge in [-0.3, -0.25) is 4.98 Å². The Balaban J connectivity index is 3.05. The van der Waals surface area contributed by atoms with Gasteiger partial charge in [0, 0.05) is 25.5 Å². The first-order chi connectivity index (χ1) is 8.04. The largest absolute Gasteiger partial charge is 0.398 e. The van der Waals surface area contributed by atoms with E-state index in [4.69, 9.17) is 5.73 Å². The third-order valence-corrected chi connectivity index (χ3v) is 4.57. The van der Waals surface area contributed by atoms with Gasteiger partial charge in [0.2, 0.25) is 10.0 Å². The minimum absolute atomic E-state index is 0.0953.